The molecule has 1 amide bonds. The Bertz CT molecular complexity index is 660. The number of carbonyl (C=O) groups is 1. The maximum absolute atomic E-state index is 14.1. The van der Waals surface area contributed by atoms with E-state index in [0.29, 0.717) is 11.4 Å². The first kappa shape index (κ1) is 14.8. The summed E-state index contributed by atoms with van der Waals surface area (Å²) in [5, 5.41) is 2.99. The van der Waals surface area contributed by atoms with Crippen molar-refractivity contribution in [1.82, 2.24) is 0 Å². The highest BCUT2D eigenvalue weighted by Crippen LogP contribution is 2.32. The fourth-order valence-electron chi connectivity index (χ4n) is 2.15. The zero-order valence-corrected chi connectivity index (χ0v) is 11.9. The van der Waals surface area contributed by atoms with E-state index in [4.69, 9.17) is 10.5 Å². The van der Waals surface area contributed by atoms with Crippen LogP contribution < -0.4 is 15.8 Å². The number of halogens is 1. The van der Waals surface area contributed by atoms with E-state index in [-0.39, 0.29) is 5.56 Å². The van der Waals surface area contributed by atoms with E-state index in [1.54, 1.807) is 43.3 Å². The van der Waals surface area contributed by atoms with Crippen LogP contribution in [-0.2, 0) is 10.3 Å². The van der Waals surface area contributed by atoms with Crippen molar-refractivity contribution in [2.75, 3.05) is 12.4 Å². The van der Waals surface area contributed by atoms with Gasteiger partial charge in [0.2, 0.25) is 5.91 Å². The van der Waals surface area contributed by atoms with Gasteiger partial charge < -0.3 is 15.8 Å². The van der Waals surface area contributed by atoms with Crippen LogP contribution in [0.3, 0.4) is 0 Å². The minimum Gasteiger partial charge on any atom is -0.495 e. The molecule has 1 atom stereocenters. The normalized spacial score (nSPS) is 13.3. The van der Waals surface area contributed by atoms with Gasteiger partial charge in [-0.15, -0.1) is 0 Å². The van der Waals surface area contributed by atoms with Gasteiger partial charge in [-0.1, -0.05) is 30.3 Å². The molecule has 0 aliphatic heterocycles. The summed E-state index contributed by atoms with van der Waals surface area (Å²) in [6, 6.07) is 13.1. The van der Waals surface area contributed by atoms with Crippen LogP contribution in [0.2, 0.25) is 0 Å². The van der Waals surface area contributed by atoms with Crippen molar-refractivity contribution >= 4 is 11.6 Å². The van der Waals surface area contributed by atoms with Crippen LogP contribution in [0.4, 0.5) is 10.1 Å². The Morgan fingerprint density at radius 1 is 1.19 bits per heavy atom. The first-order valence-corrected chi connectivity index (χ1v) is 6.45. The number of carbonyl (C=O) groups excluding carboxylic acids is 1. The number of hydrogen-bond acceptors (Lipinski definition) is 3. The third kappa shape index (κ3) is 2.81. The van der Waals surface area contributed by atoms with Crippen molar-refractivity contribution in [3.63, 3.8) is 0 Å². The van der Waals surface area contributed by atoms with Gasteiger partial charge in [0.25, 0.3) is 0 Å². The number of benzene rings is 2. The van der Waals surface area contributed by atoms with Gasteiger partial charge >= 0.3 is 0 Å². The smallest absolute Gasteiger partial charge is 0.247 e. The van der Waals surface area contributed by atoms with Gasteiger partial charge in [-0.05, 0) is 25.1 Å². The van der Waals surface area contributed by atoms with Crippen molar-refractivity contribution in [3.8, 4) is 5.75 Å². The molecule has 0 heterocycles. The summed E-state index contributed by atoms with van der Waals surface area (Å²) in [6.45, 7) is 1.54. The molecule has 4 nitrogen and oxygen atoms in total. The first-order chi connectivity index (χ1) is 9.99. The lowest BCUT2D eigenvalue weighted by Crippen LogP contribution is -2.45. The molecule has 110 valence electrons. The van der Waals surface area contributed by atoms with E-state index < -0.39 is 17.3 Å². The minimum absolute atomic E-state index is 0.184. The molecule has 0 aromatic heterocycles. The fraction of sp³-hybridized carbons (Fsp3) is 0.188. The van der Waals surface area contributed by atoms with E-state index in [2.05, 4.69) is 5.32 Å². The Labute approximate surface area is 122 Å². The zero-order chi connectivity index (χ0) is 15.5. The predicted octanol–water partition coefficient (Wildman–Crippen LogP) is 2.65. The molecule has 0 saturated heterocycles. The number of para-hydroxylation sites is 2. The minimum atomic E-state index is -1.39. The summed E-state index contributed by atoms with van der Waals surface area (Å²) in [6.07, 6.45) is 0. The van der Waals surface area contributed by atoms with Crippen molar-refractivity contribution in [2.45, 2.75) is 12.5 Å². The van der Waals surface area contributed by atoms with Gasteiger partial charge in [0.1, 0.15) is 17.1 Å². The van der Waals surface area contributed by atoms with Crippen LogP contribution in [0, 0.1) is 5.82 Å². The highest BCUT2D eigenvalue weighted by atomic mass is 19.1. The average molecular weight is 288 g/mol. The highest BCUT2D eigenvalue weighted by molar-refractivity contribution is 5.89. The van der Waals surface area contributed by atoms with Crippen molar-refractivity contribution in [3.05, 3.63) is 59.9 Å². The van der Waals surface area contributed by atoms with Crippen LogP contribution >= 0.6 is 0 Å². The largest absolute Gasteiger partial charge is 0.495 e. The van der Waals surface area contributed by atoms with E-state index in [9.17, 15) is 9.18 Å². The molecule has 0 spiro atoms. The molecule has 5 heteroatoms. The summed E-state index contributed by atoms with van der Waals surface area (Å²) < 4.78 is 19.3. The van der Waals surface area contributed by atoms with Crippen molar-refractivity contribution in [1.29, 1.82) is 0 Å². The zero-order valence-electron chi connectivity index (χ0n) is 11.9. The molecule has 2 aromatic rings. The summed E-state index contributed by atoms with van der Waals surface area (Å²) in [7, 11) is 1.52. The van der Waals surface area contributed by atoms with E-state index >= 15 is 0 Å². The number of rotatable bonds is 5. The van der Waals surface area contributed by atoms with E-state index in [1.807, 2.05) is 0 Å². The first-order valence-electron chi connectivity index (χ1n) is 6.45. The average Bonchev–Trinajstić information content (AvgIpc) is 2.48. The fourth-order valence-corrected chi connectivity index (χ4v) is 2.15. The molecule has 0 radical (unpaired) electrons. The van der Waals surface area contributed by atoms with E-state index in [0.717, 1.165) is 0 Å². The molecule has 1 unspecified atom stereocenters. The summed E-state index contributed by atoms with van der Waals surface area (Å²) in [5.74, 6) is -0.638. The number of methoxy groups -OCH3 is 1. The topological polar surface area (TPSA) is 64.3 Å². The molecule has 0 fully saturated rings. The van der Waals surface area contributed by atoms with Gasteiger partial charge in [-0.25, -0.2) is 4.39 Å². The molecule has 2 rings (SSSR count). The van der Waals surface area contributed by atoms with E-state index in [1.165, 1.54) is 19.2 Å². The number of anilines is 1. The number of nitrogens with two attached hydrogens (primary N) is 1. The Morgan fingerprint density at radius 2 is 1.81 bits per heavy atom. The maximum Gasteiger partial charge on any atom is 0.247 e. The second-order valence-corrected chi connectivity index (χ2v) is 4.79. The van der Waals surface area contributed by atoms with Crippen molar-refractivity contribution < 1.29 is 13.9 Å². The van der Waals surface area contributed by atoms with Gasteiger partial charge in [0.15, 0.2) is 0 Å². The summed E-state index contributed by atoms with van der Waals surface area (Å²) >= 11 is 0. The van der Waals surface area contributed by atoms with Gasteiger partial charge in [-0.3, -0.25) is 4.79 Å². The predicted molar refractivity (Wildman–Crippen MR) is 79.6 cm³/mol. The molecule has 0 saturated carbocycles. The Hall–Kier alpha value is -2.56. The van der Waals surface area contributed by atoms with Crippen LogP contribution in [0.25, 0.3) is 0 Å². The lowest BCUT2D eigenvalue weighted by atomic mass is 9.90. The number of primary amides is 1. The van der Waals surface area contributed by atoms with Crippen molar-refractivity contribution in [2.24, 2.45) is 5.73 Å². The molecule has 0 bridgehead atoms. The Kier molecular flexibility index (Phi) is 4.12. The Balaban J connectivity index is 2.49. The standard InChI is InChI=1S/C16H17FN2O2/c1-16(15(18)20,11-7-3-4-8-12(11)17)19-13-9-5-6-10-14(13)21-2/h3-10,19H,1-2H3,(H2,18,20). The quantitative estimate of drug-likeness (QED) is 0.889. The number of ether oxygens (including phenoxy) is 1. The molecular formula is C16H17FN2O2. The molecule has 21 heavy (non-hydrogen) atoms. The lowest BCUT2D eigenvalue weighted by molar-refractivity contribution is -0.122. The van der Waals surface area contributed by atoms with Gasteiger partial charge in [-0.2, -0.15) is 0 Å². The van der Waals surface area contributed by atoms with Gasteiger partial charge in [0, 0.05) is 5.56 Å². The molecule has 0 aliphatic rings. The SMILES string of the molecule is COc1ccccc1NC(C)(C(N)=O)c1ccccc1F. The molecule has 2 aromatic carbocycles. The van der Waals surface area contributed by atoms with Crippen LogP contribution in [0.15, 0.2) is 48.5 Å². The number of nitrogens with one attached hydrogen (secondary N) is 1. The van der Waals surface area contributed by atoms with Crippen LogP contribution in [0.5, 0.6) is 5.75 Å². The molecule has 3 N–H and O–H groups in total. The molecular weight excluding hydrogens is 271 g/mol. The second-order valence-electron chi connectivity index (χ2n) is 4.79. The number of hydrogen-bond donors (Lipinski definition) is 2. The third-order valence-corrected chi connectivity index (χ3v) is 3.40. The molecule has 0 aliphatic carbocycles. The second kappa shape index (κ2) is 5.83. The summed E-state index contributed by atoms with van der Waals surface area (Å²) in [5.41, 5.74) is 4.86. The van der Waals surface area contributed by atoms with Crippen LogP contribution in [-0.4, -0.2) is 13.0 Å². The lowest BCUT2D eigenvalue weighted by Gasteiger charge is -2.30. The highest BCUT2D eigenvalue weighted by Gasteiger charge is 2.36. The monoisotopic (exact) mass is 288 g/mol. The number of amides is 1. The van der Waals surface area contributed by atoms with Crippen LogP contribution in [0.1, 0.15) is 12.5 Å². The summed E-state index contributed by atoms with van der Waals surface area (Å²) in [4.78, 5) is 11.9. The maximum atomic E-state index is 14.1. The Morgan fingerprint density at radius 3 is 2.43 bits per heavy atom. The van der Waals surface area contributed by atoms with Gasteiger partial charge in [0.05, 0.1) is 12.8 Å². The third-order valence-electron chi connectivity index (χ3n) is 3.40.